The van der Waals surface area contributed by atoms with Crippen molar-refractivity contribution in [2.45, 2.75) is 13.8 Å². The maximum absolute atomic E-state index is 6.74. The lowest BCUT2D eigenvalue weighted by Crippen LogP contribution is -2.15. The van der Waals surface area contributed by atoms with Crippen molar-refractivity contribution in [2.24, 2.45) is 11.7 Å². The maximum Gasteiger partial charge on any atom is 0.0652 e. The molecule has 10 heavy (non-hydrogen) atoms. The highest BCUT2D eigenvalue weighted by Gasteiger charge is 1.88. The summed E-state index contributed by atoms with van der Waals surface area (Å²) in [6.07, 6.45) is 2.76. The Morgan fingerprint density at radius 1 is 1.70 bits per heavy atom. The minimum Gasteiger partial charge on any atom is -0.396 e. The van der Waals surface area contributed by atoms with E-state index in [-0.39, 0.29) is 0 Å². The number of allylic oxidation sites excluding steroid dienone is 1. The topological polar surface area (TPSA) is 61.9 Å². The smallest absolute Gasteiger partial charge is 0.0652 e. The van der Waals surface area contributed by atoms with Gasteiger partial charge in [0.05, 0.1) is 5.70 Å². The molecule has 0 aromatic heterocycles. The fraction of sp³-hybridized carbons (Fsp3) is 0.571. The Bertz CT molecular complexity index is 127. The molecule has 3 heteroatoms. The molecule has 0 fully saturated rings. The highest BCUT2D eigenvalue weighted by Crippen LogP contribution is 1.86. The Hall–Kier alpha value is -0.990. The Kier molecular flexibility index (Phi) is 4.37. The molecule has 0 aliphatic carbocycles. The molecule has 0 heterocycles. The van der Waals surface area contributed by atoms with Gasteiger partial charge in [0.25, 0.3) is 0 Å². The molecule has 0 aromatic carbocycles. The van der Waals surface area contributed by atoms with Crippen molar-refractivity contribution < 1.29 is 0 Å². The average Bonchev–Trinajstić information content (AvgIpc) is 1.87. The van der Waals surface area contributed by atoms with Crippen LogP contribution >= 0.6 is 0 Å². The zero-order valence-electron chi connectivity index (χ0n) is 6.52. The molecule has 0 unspecified atom stereocenters. The van der Waals surface area contributed by atoms with Gasteiger partial charge in [-0.15, -0.1) is 0 Å². The third-order valence-corrected chi connectivity index (χ3v) is 0.961. The normalized spacial score (nSPS) is 11.7. The minimum atomic E-state index is 0.459. The van der Waals surface area contributed by atoms with E-state index in [1.165, 1.54) is 0 Å². The second-order valence-corrected chi connectivity index (χ2v) is 2.59. The fourth-order valence-corrected chi connectivity index (χ4v) is 0.454. The molecular weight excluding hydrogens is 126 g/mol. The molecule has 0 amide bonds. The first-order chi connectivity index (χ1) is 4.66. The zero-order chi connectivity index (χ0) is 7.98. The van der Waals surface area contributed by atoms with E-state index in [1.807, 2.05) is 0 Å². The molecule has 3 nitrogen and oxygen atoms in total. The van der Waals surface area contributed by atoms with E-state index < -0.39 is 0 Å². The van der Waals surface area contributed by atoms with Gasteiger partial charge in [0, 0.05) is 19.0 Å². The van der Waals surface area contributed by atoms with Crippen molar-refractivity contribution in [3.05, 3.63) is 11.9 Å². The van der Waals surface area contributed by atoms with Crippen molar-refractivity contribution in [3.8, 4) is 0 Å². The van der Waals surface area contributed by atoms with Gasteiger partial charge < -0.3 is 16.5 Å². The fourth-order valence-electron chi connectivity index (χ4n) is 0.454. The van der Waals surface area contributed by atoms with Gasteiger partial charge in [0.2, 0.25) is 0 Å². The summed E-state index contributed by atoms with van der Waals surface area (Å²) in [6.45, 7) is 5.12. The first-order valence-electron chi connectivity index (χ1n) is 3.36. The summed E-state index contributed by atoms with van der Waals surface area (Å²) >= 11 is 0. The lowest BCUT2D eigenvalue weighted by Gasteiger charge is -2.03. The number of hydrogen-bond acceptors (Lipinski definition) is 3. The van der Waals surface area contributed by atoms with E-state index in [4.69, 9.17) is 11.1 Å². The molecular formula is C7H15N3. The van der Waals surface area contributed by atoms with E-state index in [0.717, 1.165) is 12.8 Å². The average molecular weight is 141 g/mol. The second kappa shape index (κ2) is 4.85. The SMILES string of the molecule is CC(C)CN/C=C(/N)C=N. The summed E-state index contributed by atoms with van der Waals surface area (Å²) in [4.78, 5) is 0. The molecule has 0 saturated carbocycles. The summed E-state index contributed by atoms with van der Waals surface area (Å²) in [6, 6.07) is 0. The van der Waals surface area contributed by atoms with Gasteiger partial charge in [-0.3, -0.25) is 0 Å². The number of hydrogen-bond donors (Lipinski definition) is 3. The summed E-state index contributed by atoms with van der Waals surface area (Å²) in [5, 5.41) is 9.73. The standard InChI is InChI=1S/C7H15N3/c1-6(2)4-10-5-7(9)3-8/h3,5-6,8,10H,4,9H2,1-2H3/b7-5+,8-3?. The van der Waals surface area contributed by atoms with Gasteiger partial charge in [-0.25, -0.2) is 0 Å². The van der Waals surface area contributed by atoms with Gasteiger partial charge in [-0.2, -0.15) is 0 Å². The van der Waals surface area contributed by atoms with Crippen LogP contribution in [-0.4, -0.2) is 12.8 Å². The molecule has 0 saturated heterocycles. The zero-order valence-corrected chi connectivity index (χ0v) is 6.52. The van der Waals surface area contributed by atoms with E-state index in [0.29, 0.717) is 11.6 Å². The molecule has 58 valence electrons. The molecule has 0 spiro atoms. The van der Waals surface area contributed by atoms with Gasteiger partial charge in [0.1, 0.15) is 0 Å². The second-order valence-electron chi connectivity index (χ2n) is 2.59. The van der Waals surface area contributed by atoms with Crippen LogP contribution in [0.15, 0.2) is 11.9 Å². The molecule has 0 bridgehead atoms. The van der Waals surface area contributed by atoms with Crippen molar-refractivity contribution in [2.75, 3.05) is 6.54 Å². The molecule has 0 aliphatic heterocycles. The largest absolute Gasteiger partial charge is 0.396 e. The van der Waals surface area contributed by atoms with Crippen LogP contribution in [0.5, 0.6) is 0 Å². The number of nitrogens with one attached hydrogen (secondary N) is 2. The third-order valence-electron chi connectivity index (χ3n) is 0.961. The maximum atomic E-state index is 6.74. The molecule has 0 rings (SSSR count). The van der Waals surface area contributed by atoms with Crippen LogP contribution in [0.1, 0.15) is 13.8 Å². The predicted molar refractivity (Wildman–Crippen MR) is 43.9 cm³/mol. The molecule has 4 N–H and O–H groups in total. The first-order valence-corrected chi connectivity index (χ1v) is 3.36. The van der Waals surface area contributed by atoms with Crippen molar-refractivity contribution in [1.82, 2.24) is 5.32 Å². The van der Waals surface area contributed by atoms with Crippen LogP contribution in [0.25, 0.3) is 0 Å². The van der Waals surface area contributed by atoms with E-state index in [9.17, 15) is 0 Å². The Labute approximate surface area is 61.8 Å². The Morgan fingerprint density at radius 3 is 2.70 bits per heavy atom. The number of rotatable bonds is 4. The van der Waals surface area contributed by atoms with Crippen LogP contribution in [0.2, 0.25) is 0 Å². The highest BCUT2D eigenvalue weighted by molar-refractivity contribution is 5.73. The van der Waals surface area contributed by atoms with Crippen molar-refractivity contribution in [1.29, 1.82) is 5.41 Å². The van der Waals surface area contributed by atoms with E-state index in [2.05, 4.69) is 19.2 Å². The van der Waals surface area contributed by atoms with Gasteiger partial charge >= 0.3 is 0 Å². The van der Waals surface area contributed by atoms with Crippen LogP contribution in [0, 0.1) is 11.3 Å². The summed E-state index contributed by atoms with van der Waals surface area (Å²) in [5.41, 5.74) is 5.77. The van der Waals surface area contributed by atoms with Crippen LogP contribution < -0.4 is 11.1 Å². The van der Waals surface area contributed by atoms with Crippen LogP contribution in [0.3, 0.4) is 0 Å². The lowest BCUT2D eigenvalue weighted by atomic mass is 10.2. The van der Waals surface area contributed by atoms with Crippen LogP contribution in [-0.2, 0) is 0 Å². The van der Waals surface area contributed by atoms with Gasteiger partial charge in [-0.1, -0.05) is 13.8 Å². The monoisotopic (exact) mass is 141 g/mol. The Balaban J connectivity index is 3.43. The summed E-state index contributed by atoms with van der Waals surface area (Å²) in [7, 11) is 0. The van der Waals surface area contributed by atoms with Gasteiger partial charge in [0.15, 0.2) is 0 Å². The Morgan fingerprint density at radius 2 is 2.30 bits per heavy atom. The van der Waals surface area contributed by atoms with Crippen molar-refractivity contribution >= 4 is 6.21 Å². The summed E-state index contributed by atoms with van der Waals surface area (Å²) < 4.78 is 0. The lowest BCUT2D eigenvalue weighted by molar-refractivity contribution is 0.610. The minimum absolute atomic E-state index is 0.459. The van der Waals surface area contributed by atoms with Crippen molar-refractivity contribution in [3.63, 3.8) is 0 Å². The number of nitrogens with two attached hydrogens (primary N) is 1. The molecule has 0 aliphatic rings. The third kappa shape index (κ3) is 5.15. The quantitative estimate of drug-likeness (QED) is 0.504. The molecule has 0 atom stereocenters. The summed E-state index contributed by atoms with van der Waals surface area (Å²) in [5.74, 6) is 0.606. The van der Waals surface area contributed by atoms with Gasteiger partial charge in [-0.05, 0) is 5.92 Å². The molecule has 0 aromatic rings. The first kappa shape index (κ1) is 9.01. The van der Waals surface area contributed by atoms with E-state index in [1.54, 1.807) is 6.20 Å². The highest BCUT2D eigenvalue weighted by atomic mass is 14.8. The van der Waals surface area contributed by atoms with Crippen LogP contribution in [0.4, 0.5) is 0 Å². The molecule has 0 radical (unpaired) electrons. The van der Waals surface area contributed by atoms with E-state index >= 15 is 0 Å². The predicted octanol–water partition coefficient (Wildman–Crippen LogP) is 0.682.